The molecule has 5 heteroatoms. The molecule has 0 aromatic carbocycles. The zero-order chi connectivity index (χ0) is 12.3. The predicted octanol–water partition coefficient (Wildman–Crippen LogP) is 2.58. The normalized spacial score (nSPS) is 9.65. The molecule has 1 amide bonds. The van der Waals surface area contributed by atoms with E-state index in [1.165, 1.54) is 23.6 Å². The highest BCUT2D eigenvalue weighted by Gasteiger charge is 2.09. The summed E-state index contributed by atoms with van der Waals surface area (Å²) in [5.41, 5.74) is 1.77. The van der Waals surface area contributed by atoms with Gasteiger partial charge in [-0.3, -0.25) is 4.79 Å². The average molecular weight is 243 g/mol. The van der Waals surface area contributed by atoms with Crippen LogP contribution >= 0.6 is 11.3 Å². The Labute approximate surface area is 103 Å². The maximum absolute atomic E-state index is 11.8. The number of nitrogens with one attached hydrogen (secondary N) is 1. The molecule has 2 rings (SSSR count). The summed E-state index contributed by atoms with van der Waals surface area (Å²) in [7, 11) is 0. The van der Waals surface area contributed by atoms with E-state index >= 15 is 0 Å². The first-order valence-corrected chi connectivity index (χ1v) is 5.80. The SMILES string of the molecule is Cc1ccsc1NC(=O)c1ccc(C#N)cn1. The van der Waals surface area contributed by atoms with Crippen LogP contribution in [0.15, 0.2) is 29.8 Å². The molecule has 0 aliphatic carbocycles. The summed E-state index contributed by atoms with van der Waals surface area (Å²) >= 11 is 1.47. The van der Waals surface area contributed by atoms with Gasteiger partial charge in [-0.1, -0.05) is 0 Å². The van der Waals surface area contributed by atoms with Crippen LogP contribution in [0.4, 0.5) is 5.00 Å². The van der Waals surface area contributed by atoms with Crippen molar-refractivity contribution in [2.24, 2.45) is 0 Å². The van der Waals surface area contributed by atoms with Crippen molar-refractivity contribution in [1.82, 2.24) is 4.98 Å². The number of hydrogen-bond donors (Lipinski definition) is 1. The van der Waals surface area contributed by atoms with E-state index in [1.807, 2.05) is 24.4 Å². The quantitative estimate of drug-likeness (QED) is 0.881. The van der Waals surface area contributed by atoms with E-state index in [0.29, 0.717) is 11.3 Å². The molecule has 2 aromatic heterocycles. The Balaban J connectivity index is 2.15. The third kappa shape index (κ3) is 2.49. The van der Waals surface area contributed by atoms with Gasteiger partial charge in [-0.25, -0.2) is 4.98 Å². The van der Waals surface area contributed by atoms with Gasteiger partial charge in [-0.2, -0.15) is 5.26 Å². The highest BCUT2D eigenvalue weighted by molar-refractivity contribution is 7.14. The summed E-state index contributed by atoms with van der Waals surface area (Å²) in [4.78, 5) is 15.7. The van der Waals surface area contributed by atoms with Crippen LogP contribution in [0.25, 0.3) is 0 Å². The maximum atomic E-state index is 11.8. The Morgan fingerprint density at radius 3 is 2.82 bits per heavy atom. The molecule has 2 heterocycles. The van der Waals surface area contributed by atoms with Crippen LogP contribution in [0.1, 0.15) is 21.6 Å². The lowest BCUT2D eigenvalue weighted by molar-refractivity contribution is 0.102. The lowest BCUT2D eigenvalue weighted by Gasteiger charge is -2.03. The number of nitrogens with zero attached hydrogens (tertiary/aromatic N) is 2. The predicted molar refractivity (Wildman–Crippen MR) is 66.0 cm³/mol. The summed E-state index contributed by atoms with van der Waals surface area (Å²) < 4.78 is 0. The summed E-state index contributed by atoms with van der Waals surface area (Å²) in [5.74, 6) is -0.264. The first-order chi connectivity index (χ1) is 8.20. The Morgan fingerprint density at radius 2 is 2.29 bits per heavy atom. The van der Waals surface area contributed by atoms with Gasteiger partial charge in [0.05, 0.1) is 10.6 Å². The number of carbonyl (C=O) groups is 1. The Morgan fingerprint density at radius 1 is 1.47 bits per heavy atom. The fourth-order valence-electron chi connectivity index (χ4n) is 1.26. The van der Waals surface area contributed by atoms with Gasteiger partial charge in [0.15, 0.2) is 0 Å². The van der Waals surface area contributed by atoms with E-state index in [4.69, 9.17) is 5.26 Å². The molecule has 0 aliphatic rings. The van der Waals surface area contributed by atoms with Crippen molar-refractivity contribution in [3.63, 3.8) is 0 Å². The molecular formula is C12H9N3OS. The standard InChI is InChI=1S/C12H9N3OS/c1-8-4-5-17-12(8)15-11(16)10-3-2-9(6-13)7-14-10/h2-5,7H,1H3,(H,15,16). The molecule has 0 aliphatic heterocycles. The Hall–Kier alpha value is -2.19. The minimum Gasteiger partial charge on any atom is -0.312 e. The maximum Gasteiger partial charge on any atom is 0.274 e. The number of pyridine rings is 1. The smallest absolute Gasteiger partial charge is 0.274 e. The van der Waals surface area contributed by atoms with E-state index in [9.17, 15) is 4.79 Å². The molecule has 0 atom stereocenters. The Kier molecular flexibility index (Phi) is 3.17. The molecule has 17 heavy (non-hydrogen) atoms. The van der Waals surface area contributed by atoms with E-state index in [1.54, 1.807) is 6.07 Å². The lowest BCUT2D eigenvalue weighted by atomic mass is 10.2. The van der Waals surface area contributed by atoms with Crippen molar-refractivity contribution in [3.8, 4) is 6.07 Å². The van der Waals surface area contributed by atoms with E-state index in [2.05, 4.69) is 10.3 Å². The van der Waals surface area contributed by atoms with Gasteiger partial charge in [0.1, 0.15) is 11.8 Å². The highest BCUT2D eigenvalue weighted by Crippen LogP contribution is 2.22. The number of aryl methyl sites for hydroxylation is 1. The molecule has 0 unspecified atom stereocenters. The van der Waals surface area contributed by atoms with Gasteiger partial charge >= 0.3 is 0 Å². The number of thiophene rings is 1. The molecule has 84 valence electrons. The first-order valence-electron chi connectivity index (χ1n) is 4.92. The van der Waals surface area contributed by atoms with Crippen molar-refractivity contribution in [1.29, 1.82) is 5.26 Å². The van der Waals surface area contributed by atoms with Crippen molar-refractivity contribution in [2.45, 2.75) is 6.92 Å². The molecule has 0 saturated heterocycles. The molecular weight excluding hydrogens is 234 g/mol. The van der Waals surface area contributed by atoms with Crippen LogP contribution in [0, 0.1) is 18.3 Å². The summed E-state index contributed by atoms with van der Waals surface area (Å²) in [6.07, 6.45) is 1.39. The van der Waals surface area contributed by atoms with Crippen LogP contribution in [-0.2, 0) is 0 Å². The summed E-state index contributed by atoms with van der Waals surface area (Å²) in [5, 5.41) is 14.1. The van der Waals surface area contributed by atoms with Gasteiger partial charge in [0, 0.05) is 6.20 Å². The van der Waals surface area contributed by atoms with Crippen LogP contribution < -0.4 is 5.32 Å². The third-order valence-corrected chi connectivity index (χ3v) is 3.15. The molecule has 1 N–H and O–H groups in total. The van der Waals surface area contributed by atoms with Crippen molar-refractivity contribution in [2.75, 3.05) is 5.32 Å². The summed E-state index contributed by atoms with van der Waals surface area (Å²) in [6.45, 7) is 1.93. The number of carbonyl (C=O) groups excluding carboxylic acids is 1. The molecule has 0 bridgehead atoms. The van der Waals surface area contributed by atoms with E-state index < -0.39 is 0 Å². The van der Waals surface area contributed by atoms with Crippen LogP contribution in [0.5, 0.6) is 0 Å². The number of nitriles is 1. The van der Waals surface area contributed by atoms with Gasteiger partial charge in [0.2, 0.25) is 0 Å². The van der Waals surface area contributed by atoms with Crippen molar-refractivity contribution < 1.29 is 4.79 Å². The van der Waals surface area contributed by atoms with Crippen molar-refractivity contribution in [3.05, 3.63) is 46.6 Å². The van der Waals surface area contributed by atoms with Crippen LogP contribution in [0.3, 0.4) is 0 Å². The second kappa shape index (κ2) is 4.76. The van der Waals surface area contributed by atoms with Gasteiger partial charge < -0.3 is 5.32 Å². The molecule has 0 radical (unpaired) electrons. The van der Waals surface area contributed by atoms with Gasteiger partial charge in [0.25, 0.3) is 5.91 Å². The molecule has 0 fully saturated rings. The van der Waals surface area contributed by atoms with Crippen LogP contribution in [-0.4, -0.2) is 10.9 Å². The number of rotatable bonds is 2. The second-order valence-electron chi connectivity index (χ2n) is 3.43. The third-order valence-electron chi connectivity index (χ3n) is 2.21. The molecule has 4 nitrogen and oxygen atoms in total. The Bertz CT molecular complexity index is 581. The van der Waals surface area contributed by atoms with Gasteiger partial charge in [-0.05, 0) is 36.1 Å². The van der Waals surface area contributed by atoms with Crippen molar-refractivity contribution >= 4 is 22.2 Å². The average Bonchev–Trinajstić information content (AvgIpc) is 2.75. The minimum atomic E-state index is -0.264. The number of anilines is 1. The molecule has 0 saturated carbocycles. The first kappa shape index (κ1) is 11.3. The van der Waals surface area contributed by atoms with Crippen LogP contribution in [0.2, 0.25) is 0 Å². The zero-order valence-electron chi connectivity index (χ0n) is 9.10. The summed E-state index contributed by atoms with van der Waals surface area (Å²) in [6, 6.07) is 7.00. The monoisotopic (exact) mass is 243 g/mol. The molecule has 0 spiro atoms. The fraction of sp³-hybridized carbons (Fsp3) is 0.0833. The largest absolute Gasteiger partial charge is 0.312 e. The lowest BCUT2D eigenvalue weighted by Crippen LogP contribution is -2.13. The van der Waals surface area contributed by atoms with E-state index in [0.717, 1.165) is 10.6 Å². The number of amides is 1. The van der Waals surface area contributed by atoms with E-state index in [-0.39, 0.29) is 5.91 Å². The zero-order valence-corrected chi connectivity index (χ0v) is 9.91. The number of aromatic nitrogens is 1. The topological polar surface area (TPSA) is 65.8 Å². The second-order valence-corrected chi connectivity index (χ2v) is 4.35. The fourth-order valence-corrected chi connectivity index (χ4v) is 2.08. The minimum absolute atomic E-state index is 0.264. The highest BCUT2D eigenvalue weighted by atomic mass is 32.1. The van der Waals surface area contributed by atoms with Gasteiger partial charge in [-0.15, -0.1) is 11.3 Å². The number of hydrogen-bond acceptors (Lipinski definition) is 4. The molecule has 2 aromatic rings.